The maximum absolute atomic E-state index is 12.5. The second-order valence-corrected chi connectivity index (χ2v) is 25.3. The lowest BCUT2D eigenvalue weighted by molar-refractivity contribution is 0.397. The van der Waals surface area contributed by atoms with Crippen molar-refractivity contribution in [1.29, 1.82) is 0 Å². The van der Waals surface area contributed by atoms with Gasteiger partial charge in [-0.25, -0.2) is 0 Å². The van der Waals surface area contributed by atoms with Gasteiger partial charge in [-0.15, -0.1) is 0 Å². The molecule has 0 aromatic heterocycles. The Morgan fingerprint density at radius 1 is 0.257 bits per heavy atom. The predicted molar refractivity (Wildman–Crippen MR) is 311 cm³/mol. The van der Waals surface area contributed by atoms with Crippen LogP contribution in [0.25, 0.3) is 44.5 Å². The Morgan fingerprint density at radius 2 is 0.446 bits per heavy atom. The summed E-state index contributed by atoms with van der Waals surface area (Å²) in [7, 11) is 0. The maximum atomic E-state index is 12.5. The molecule has 0 atom stereocenters. The van der Waals surface area contributed by atoms with Gasteiger partial charge in [0.05, 0.1) is 0 Å². The van der Waals surface area contributed by atoms with Gasteiger partial charge in [-0.3, -0.25) is 0 Å². The molecule has 0 fully saturated rings. The zero-order valence-electron chi connectivity index (χ0n) is 46.4. The molecule has 0 amide bonds. The van der Waals surface area contributed by atoms with Gasteiger partial charge in [-0.05, 0) is 126 Å². The molecule has 4 nitrogen and oxygen atoms in total. The molecular formula is C70H78O4. The van der Waals surface area contributed by atoms with Crippen LogP contribution in [0.4, 0.5) is 0 Å². The summed E-state index contributed by atoms with van der Waals surface area (Å²) in [6, 6.07) is 58.2. The van der Waals surface area contributed by atoms with Crippen LogP contribution in [0.1, 0.15) is 154 Å². The molecule has 0 aliphatic heterocycles. The van der Waals surface area contributed by atoms with Crippen molar-refractivity contribution in [3.05, 3.63) is 214 Å². The molecule has 4 N–H and O–H groups in total. The largest absolute Gasteiger partial charge is 0.507 e. The van der Waals surface area contributed by atoms with Crippen molar-refractivity contribution >= 4 is 0 Å². The summed E-state index contributed by atoms with van der Waals surface area (Å²) in [5, 5.41) is 49.5. The van der Waals surface area contributed by atoms with Crippen LogP contribution in [0.2, 0.25) is 0 Å². The minimum Gasteiger partial charge on any atom is -0.507 e. The molecule has 382 valence electrons. The van der Waals surface area contributed by atoms with Crippen LogP contribution in [-0.4, -0.2) is 20.4 Å². The van der Waals surface area contributed by atoms with E-state index in [1.165, 1.54) is 0 Å². The van der Waals surface area contributed by atoms with Crippen molar-refractivity contribution in [1.82, 2.24) is 0 Å². The third kappa shape index (κ3) is 10.4. The Labute approximate surface area is 442 Å². The molecule has 74 heavy (non-hydrogen) atoms. The summed E-state index contributed by atoms with van der Waals surface area (Å²) in [4.78, 5) is 0. The van der Waals surface area contributed by atoms with Crippen LogP contribution >= 0.6 is 0 Å². The summed E-state index contributed by atoms with van der Waals surface area (Å²) in [6.45, 7) is 30.7. The van der Waals surface area contributed by atoms with Crippen LogP contribution in [0.15, 0.2) is 170 Å². The fourth-order valence-electron chi connectivity index (χ4n) is 10.9. The summed E-state index contributed by atoms with van der Waals surface area (Å²) in [5.41, 5.74) is 11.2. The first-order valence-electron chi connectivity index (χ1n) is 26.4. The van der Waals surface area contributed by atoms with E-state index in [2.05, 4.69) is 194 Å². The van der Waals surface area contributed by atoms with Crippen molar-refractivity contribution in [2.24, 2.45) is 0 Å². The highest BCUT2D eigenvalue weighted by Gasteiger charge is 2.41. The quantitative estimate of drug-likeness (QED) is 0.104. The first-order chi connectivity index (χ1) is 34.6. The van der Waals surface area contributed by atoms with Gasteiger partial charge in [0.1, 0.15) is 23.0 Å². The van der Waals surface area contributed by atoms with Crippen LogP contribution in [0, 0.1) is 0 Å². The molecule has 0 aliphatic carbocycles. The zero-order valence-corrected chi connectivity index (χ0v) is 46.4. The number of phenols is 4. The summed E-state index contributed by atoms with van der Waals surface area (Å²) >= 11 is 0. The van der Waals surface area contributed by atoms with Crippen molar-refractivity contribution in [3.63, 3.8) is 0 Å². The van der Waals surface area contributed by atoms with E-state index in [4.69, 9.17) is 0 Å². The fraction of sp³-hybridized carbons (Fsp3) is 0.314. The average molecular weight is 983 g/mol. The van der Waals surface area contributed by atoms with E-state index in [9.17, 15) is 20.4 Å². The molecule has 0 aliphatic rings. The minimum absolute atomic E-state index is 0.209. The summed E-state index contributed by atoms with van der Waals surface area (Å²) in [5.74, 6) is 1.07. The number of phenolic OH excluding ortho intramolecular Hbond substituents is 4. The van der Waals surface area contributed by atoms with E-state index in [0.717, 1.165) is 89.0 Å². The Hall–Kier alpha value is -7.04. The molecule has 0 heterocycles. The fourth-order valence-corrected chi connectivity index (χ4v) is 10.9. The second-order valence-electron chi connectivity index (χ2n) is 25.3. The first kappa shape index (κ1) is 53.3. The minimum atomic E-state index is -0.796. The molecular weight excluding hydrogens is 905 g/mol. The molecule has 0 saturated carbocycles. The molecule has 0 spiro atoms. The Bertz CT molecular complexity index is 2880. The van der Waals surface area contributed by atoms with Crippen molar-refractivity contribution < 1.29 is 20.4 Å². The van der Waals surface area contributed by atoms with E-state index >= 15 is 0 Å². The van der Waals surface area contributed by atoms with Crippen molar-refractivity contribution in [2.45, 2.75) is 142 Å². The third-order valence-electron chi connectivity index (χ3n) is 15.7. The predicted octanol–water partition coefficient (Wildman–Crippen LogP) is 18.5. The van der Waals surface area contributed by atoms with E-state index in [0.29, 0.717) is 24.3 Å². The van der Waals surface area contributed by atoms with Crippen LogP contribution < -0.4 is 0 Å². The first-order valence-corrected chi connectivity index (χ1v) is 26.4. The summed E-state index contributed by atoms with van der Waals surface area (Å²) in [6.07, 6.45) is 1.21. The van der Waals surface area contributed by atoms with Gasteiger partial charge in [0, 0.05) is 33.1 Å². The van der Waals surface area contributed by atoms with Gasteiger partial charge in [-0.1, -0.05) is 243 Å². The van der Waals surface area contributed by atoms with Crippen LogP contribution in [-0.2, 0) is 32.5 Å². The lowest BCUT2D eigenvalue weighted by Crippen LogP contribution is -2.32. The van der Waals surface area contributed by atoms with Gasteiger partial charge in [0.15, 0.2) is 0 Å². The van der Waals surface area contributed by atoms with E-state index < -0.39 is 10.8 Å². The van der Waals surface area contributed by atoms with E-state index in [1.54, 1.807) is 0 Å². The standard InChI is InChI=1S/C70H78O4/c1-65(2,3)57-41-51(42-58(63(57)73)66(4,5)6)70(14,52-43-59(67(7,8)9)64(74)60(44-52)68(10,11)12)36-35-69(13,49-37-53(45-27-19-15-20-28-45)61(71)54(38-49)46-29-21-16-22-30-46)50-39-55(47-31-23-17-24-32-47)62(72)56(40-50)48-33-25-18-26-34-48/h15-34,37-44,71-74H,35-36H2,1-14H3. The Kier molecular flexibility index (Phi) is 14.2. The van der Waals surface area contributed by atoms with E-state index in [1.807, 2.05) is 72.8 Å². The Morgan fingerprint density at radius 3 is 0.635 bits per heavy atom. The van der Waals surface area contributed by atoms with Gasteiger partial charge < -0.3 is 20.4 Å². The number of rotatable bonds is 11. The highest BCUT2D eigenvalue weighted by molar-refractivity contribution is 5.86. The number of hydrogen-bond acceptors (Lipinski definition) is 4. The zero-order chi connectivity index (χ0) is 53.8. The van der Waals surface area contributed by atoms with Gasteiger partial charge in [-0.2, -0.15) is 0 Å². The molecule has 0 bridgehead atoms. The van der Waals surface area contributed by atoms with Gasteiger partial charge in [0.25, 0.3) is 0 Å². The molecule has 0 unspecified atom stereocenters. The monoisotopic (exact) mass is 983 g/mol. The Balaban J connectivity index is 1.51. The topological polar surface area (TPSA) is 80.9 Å². The summed E-state index contributed by atoms with van der Waals surface area (Å²) < 4.78 is 0. The van der Waals surface area contributed by atoms with E-state index in [-0.39, 0.29) is 33.2 Å². The molecule has 8 rings (SSSR count). The highest BCUT2D eigenvalue weighted by atomic mass is 16.3. The van der Waals surface area contributed by atoms with Crippen LogP contribution in [0.3, 0.4) is 0 Å². The molecule has 4 heteroatoms. The van der Waals surface area contributed by atoms with Gasteiger partial charge in [0.2, 0.25) is 0 Å². The lowest BCUT2D eigenvalue weighted by atomic mass is 9.63. The SMILES string of the molecule is CC(C)(C)c1cc(C(C)(CCC(C)(c2cc(-c3ccccc3)c(O)c(-c3ccccc3)c2)c2cc(-c3ccccc3)c(O)c(-c3ccccc3)c2)c2cc(C(C)(C)C)c(O)c(C(C)(C)C)c2)cc(C(C)(C)C)c1O. The maximum Gasteiger partial charge on any atom is 0.131 e. The number of benzene rings is 8. The lowest BCUT2D eigenvalue weighted by Gasteiger charge is -2.41. The normalized spacial score (nSPS) is 12.8. The molecule has 8 aromatic rings. The third-order valence-corrected chi connectivity index (χ3v) is 15.7. The number of aromatic hydroxyl groups is 4. The van der Waals surface area contributed by atoms with Crippen LogP contribution in [0.5, 0.6) is 23.0 Å². The highest BCUT2D eigenvalue weighted by Crippen LogP contribution is 2.53. The molecule has 0 saturated heterocycles. The van der Waals surface area contributed by atoms with Crippen molar-refractivity contribution in [3.8, 4) is 67.5 Å². The second kappa shape index (κ2) is 19.7. The molecule has 8 aromatic carbocycles. The average Bonchev–Trinajstić information content (AvgIpc) is 3.35. The van der Waals surface area contributed by atoms with Gasteiger partial charge >= 0.3 is 0 Å². The number of hydrogen-bond donors (Lipinski definition) is 4. The molecule has 0 radical (unpaired) electrons. The smallest absolute Gasteiger partial charge is 0.131 e. The van der Waals surface area contributed by atoms with Crippen molar-refractivity contribution in [2.75, 3.05) is 0 Å².